The van der Waals surface area contributed by atoms with Gasteiger partial charge in [0.15, 0.2) is 5.79 Å². The number of rotatable bonds is 2. The Morgan fingerprint density at radius 3 is 2.55 bits per heavy atom. The molecule has 0 spiro atoms. The first-order valence-corrected chi connectivity index (χ1v) is 9.84. The molecule has 2 heterocycles. The van der Waals surface area contributed by atoms with Crippen molar-refractivity contribution in [3.8, 4) is 5.75 Å². The SMILES string of the molecule is COC(=O)N1C(=O)[C@H]2[C@H](C[C@H](C(C)C)[C@@]3(O)O[C@H](c4ccccc4O)C[C@@H]23)C1=O. The number of hydrogen-bond donors (Lipinski definition) is 2. The Morgan fingerprint density at radius 2 is 1.93 bits per heavy atom. The Bertz CT molecular complexity index is 868. The van der Waals surface area contributed by atoms with Crippen LogP contribution in [0, 0.1) is 29.6 Å². The number of benzene rings is 1. The molecule has 3 aliphatic rings. The maximum absolute atomic E-state index is 13.0. The molecule has 8 nitrogen and oxygen atoms in total. The van der Waals surface area contributed by atoms with Crippen molar-refractivity contribution < 1.29 is 34.1 Å². The Balaban J connectivity index is 1.76. The second-order valence-electron chi connectivity index (χ2n) is 8.46. The number of carbonyl (C=O) groups is 3. The van der Waals surface area contributed by atoms with E-state index >= 15 is 0 Å². The molecule has 8 heteroatoms. The summed E-state index contributed by atoms with van der Waals surface area (Å²) in [6.45, 7) is 3.85. The summed E-state index contributed by atoms with van der Waals surface area (Å²) in [5.41, 5.74) is 0.524. The van der Waals surface area contributed by atoms with Gasteiger partial charge in [0.25, 0.3) is 0 Å². The van der Waals surface area contributed by atoms with E-state index in [1.165, 1.54) is 6.07 Å². The zero-order valence-electron chi connectivity index (χ0n) is 16.6. The lowest BCUT2D eigenvalue weighted by Gasteiger charge is -2.46. The Morgan fingerprint density at radius 1 is 1.24 bits per heavy atom. The second-order valence-corrected chi connectivity index (χ2v) is 8.46. The van der Waals surface area contributed by atoms with Crippen LogP contribution in [0.3, 0.4) is 0 Å². The zero-order valence-corrected chi connectivity index (χ0v) is 16.6. The minimum Gasteiger partial charge on any atom is -0.508 e. The fourth-order valence-corrected chi connectivity index (χ4v) is 5.39. The van der Waals surface area contributed by atoms with Gasteiger partial charge in [0.1, 0.15) is 5.75 Å². The zero-order chi connectivity index (χ0) is 21.1. The third-order valence-corrected chi connectivity index (χ3v) is 6.73. The lowest BCUT2D eigenvalue weighted by molar-refractivity contribution is -0.276. The monoisotopic (exact) mass is 403 g/mol. The van der Waals surface area contributed by atoms with Crippen LogP contribution in [0.25, 0.3) is 0 Å². The van der Waals surface area contributed by atoms with E-state index in [1.54, 1.807) is 18.2 Å². The van der Waals surface area contributed by atoms with Crippen LogP contribution in [0.15, 0.2) is 24.3 Å². The van der Waals surface area contributed by atoms with Gasteiger partial charge in [-0.25, -0.2) is 4.79 Å². The number of phenols is 1. The minimum absolute atomic E-state index is 0.0263. The van der Waals surface area contributed by atoms with Gasteiger partial charge in [-0.05, 0) is 24.8 Å². The van der Waals surface area contributed by atoms with Crippen molar-refractivity contribution in [3.63, 3.8) is 0 Å². The highest BCUT2D eigenvalue weighted by atomic mass is 16.6. The lowest BCUT2D eigenvalue weighted by Crippen LogP contribution is -2.55. The smallest absolute Gasteiger partial charge is 0.423 e. The predicted octanol–water partition coefficient (Wildman–Crippen LogP) is 2.20. The van der Waals surface area contributed by atoms with Gasteiger partial charge >= 0.3 is 6.09 Å². The van der Waals surface area contributed by atoms with E-state index < -0.39 is 53.5 Å². The van der Waals surface area contributed by atoms with Crippen LogP contribution in [-0.4, -0.2) is 45.9 Å². The van der Waals surface area contributed by atoms with E-state index in [9.17, 15) is 24.6 Å². The third kappa shape index (κ3) is 2.77. The Labute approximate surface area is 168 Å². The van der Waals surface area contributed by atoms with Gasteiger partial charge < -0.3 is 19.7 Å². The van der Waals surface area contributed by atoms with Crippen molar-refractivity contribution in [1.82, 2.24) is 4.90 Å². The van der Waals surface area contributed by atoms with E-state index in [0.29, 0.717) is 10.5 Å². The van der Waals surface area contributed by atoms with E-state index in [1.807, 2.05) is 13.8 Å². The maximum Gasteiger partial charge on any atom is 0.423 e. The number of methoxy groups -OCH3 is 1. The van der Waals surface area contributed by atoms with Crippen molar-refractivity contribution in [2.45, 2.75) is 38.6 Å². The first-order chi connectivity index (χ1) is 13.7. The third-order valence-electron chi connectivity index (χ3n) is 6.73. The van der Waals surface area contributed by atoms with Crippen LogP contribution >= 0.6 is 0 Å². The normalized spacial score (nSPS) is 36.3. The summed E-state index contributed by atoms with van der Waals surface area (Å²) in [4.78, 5) is 38.5. The number of likely N-dealkylation sites (tertiary alicyclic amines) is 1. The number of carbonyl (C=O) groups excluding carboxylic acids is 3. The van der Waals surface area contributed by atoms with Crippen LogP contribution in [0.1, 0.15) is 38.4 Å². The number of amides is 3. The number of nitrogens with zero attached hydrogens (tertiary/aromatic N) is 1. The number of imide groups is 3. The van der Waals surface area contributed by atoms with Gasteiger partial charge in [-0.2, -0.15) is 4.90 Å². The highest BCUT2D eigenvalue weighted by molar-refractivity contribution is 6.15. The summed E-state index contributed by atoms with van der Waals surface area (Å²) in [6, 6.07) is 6.70. The summed E-state index contributed by atoms with van der Waals surface area (Å²) < 4.78 is 10.7. The Hall–Kier alpha value is -2.45. The summed E-state index contributed by atoms with van der Waals surface area (Å²) in [5, 5.41) is 21.8. The van der Waals surface area contributed by atoms with Gasteiger partial charge in [0, 0.05) is 17.4 Å². The summed E-state index contributed by atoms with van der Waals surface area (Å²) in [5.74, 6) is -5.50. The molecule has 29 heavy (non-hydrogen) atoms. The largest absolute Gasteiger partial charge is 0.508 e. The number of para-hydroxylation sites is 1. The number of aromatic hydroxyl groups is 1. The quantitative estimate of drug-likeness (QED) is 0.728. The molecule has 3 fully saturated rings. The molecule has 6 atom stereocenters. The van der Waals surface area contributed by atoms with Crippen LogP contribution < -0.4 is 0 Å². The fraction of sp³-hybridized carbons (Fsp3) is 0.571. The van der Waals surface area contributed by atoms with Crippen molar-refractivity contribution >= 4 is 17.9 Å². The van der Waals surface area contributed by atoms with Gasteiger partial charge in [0.05, 0.1) is 25.0 Å². The molecule has 4 rings (SSSR count). The topological polar surface area (TPSA) is 113 Å². The molecule has 0 unspecified atom stereocenters. The summed E-state index contributed by atoms with van der Waals surface area (Å²) >= 11 is 0. The number of fused-ring (bicyclic) bond motifs is 3. The van der Waals surface area contributed by atoms with Gasteiger partial charge in [-0.15, -0.1) is 0 Å². The molecule has 3 amide bonds. The molecule has 0 aromatic heterocycles. The molecule has 2 aliphatic heterocycles. The molecule has 2 N–H and O–H groups in total. The number of ether oxygens (including phenoxy) is 2. The van der Waals surface area contributed by atoms with Crippen LogP contribution in [0.2, 0.25) is 0 Å². The molecule has 1 saturated carbocycles. The number of phenolic OH excluding ortho intramolecular Hbond substituents is 1. The van der Waals surface area contributed by atoms with E-state index in [0.717, 1.165) is 7.11 Å². The molecule has 1 aromatic carbocycles. The van der Waals surface area contributed by atoms with Gasteiger partial charge in [0.2, 0.25) is 11.8 Å². The predicted molar refractivity (Wildman–Crippen MR) is 99.2 cm³/mol. The van der Waals surface area contributed by atoms with Gasteiger partial charge in [-0.1, -0.05) is 32.0 Å². The molecule has 2 saturated heterocycles. The molecule has 0 radical (unpaired) electrons. The van der Waals surface area contributed by atoms with Crippen molar-refractivity contribution in [1.29, 1.82) is 0 Å². The first-order valence-electron chi connectivity index (χ1n) is 9.84. The highest BCUT2D eigenvalue weighted by Crippen LogP contribution is 2.60. The van der Waals surface area contributed by atoms with E-state index in [-0.39, 0.29) is 24.5 Å². The summed E-state index contributed by atoms with van der Waals surface area (Å²) in [7, 11) is 1.12. The minimum atomic E-state index is -1.63. The first kappa shape index (κ1) is 19.8. The average Bonchev–Trinajstić information content (AvgIpc) is 3.15. The molecule has 0 bridgehead atoms. The van der Waals surface area contributed by atoms with E-state index in [2.05, 4.69) is 4.74 Å². The standard InChI is InChI=1S/C21H25NO7/c1-10(2)13-8-12-17(19(25)22(18(12)24)20(26)28-3)14-9-16(29-21(13,14)27)11-6-4-5-7-15(11)23/h4-7,10,12-14,16-17,23,27H,8-9H2,1-3H3/t12-,13+,14-,16-,17-,21+/m0/s1. The van der Waals surface area contributed by atoms with Crippen LogP contribution in [0.4, 0.5) is 4.79 Å². The van der Waals surface area contributed by atoms with E-state index in [4.69, 9.17) is 4.74 Å². The van der Waals surface area contributed by atoms with Crippen molar-refractivity contribution in [2.24, 2.45) is 29.6 Å². The van der Waals surface area contributed by atoms with Crippen molar-refractivity contribution in [3.05, 3.63) is 29.8 Å². The fourth-order valence-electron chi connectivity index (χ4n) is 5.39. The number of aliphatic hydroxyl groups is 1. The van der Waals surface area contributed by atoms with Gasteiger partial charge in [-0.3, -0.25) is 9.59 Å². The second kappa shape index (κ2) is 6.81. The molecule has 1 aliphatic carbocycles. The summed E-state index contributed by atoms with van der Waals surface area (Å²) in [6.07, 6.45) is -1.13. The van der Waals surface area contributed by atoms with Crippen LogP contribution in [-0.2, 0) is 19.1 Å². The molecular weight excluding hydrogens is 378 g/mol. The van der Waals surface area contributed by atoms with Crippen LogP contribution in [0.5, 0.6) is 5.75 Å². The Kier molecular flexibility index (Phi) is 4.66. The highest BCUT2D eigenvalue weighted by Gasteiger charge is 2.68. The van der Waals surface area contributed by atoms with Crippen molar-refractivity contribution in [2.75, 3.05) is 7.11 Å². The lowest BCUT2D eigenvalue weighted by atomic mass is 9.62. The average molecular weight is 403 g/mol. The number of hydrogen-bond acceptors (Lipinski definition) is 7. The molecule has 156 valence electrons. The molecule has 1 aromatic rings. The maximum atomic E-state index is 13.0. The molecular formula is C21H25NO7.